The predicted octanol–water partition coefficient (Wildman–Crippen LogP) is 0.457. The third kappa shape index (κ3) is 3.03. The fraction of sp³-hybridized carbons (Fsp3) is 0.750. The number of hydrogen-bond donors (Lipinski definition) is 1. The Balaban J connectivity index is 2.33. The van der Waals surface area contributed by atoms with Crippen LogP contribution in [0.15, 0.2) is 4.90 Å². The van der Waals surface area contributed by atoms with Crippen molar-refractivity contribution in [2.45, 2.75) is 25.3 Å². The number of rotatable bonds is 5. The highest BCUT2D eigenvalue weighted by Crippen LogP contribution is 2.25. The molecule has 1 saturated heterocycles. The fourth-order valence-electron chi connectivity index (χ4n) is 2.41. The van der Waals surface area contributed by atoms with Gasteiger partial charge in [-0.05, 0) is 20.9 Å². The standard InChI is InChI=1S/C12H22N4O2S2/c1-10-12(11(2)16(14-10)5-4-13-3)20(17,18)15-6-8-19-9-7-15/h13H,4-9H2,1-3H3. The van der Waals surface area contributed by atoms with Gasteiger partial charge in [0.15, 0.2) is 0 Å². The highest BCUT2D eigenvalue weighted by molar-refractivity contribution is 7.99. The second-order valence-electron chi connectivity index (χ2n) is 4.84. The maximum Gasteiger partial charge on any atom is 0.246 e. The zero-order valence-corrected chi connectivity index (χ0v) is 13.9. The van der Waals surface area contributed by atoms with Crippen LogP contribution in [0.3, 0.4) is 0 Å². The molecule has 0 aliphatic carbocycles. The minimum atomic E-state index is -3.41. The number of hydrogen-bond acceptors (Lipinski definition) is 5. The second-order valence-corrected chi connectivity index (χ2v) is 7.94. The van der Waals surface area contributed by atoms with Gasteiger partial charge >= 0.3 is 0 Å². The molecule has 0 saturated carbocycles. The van der Waals surface area contributed by atoms with Gasteiger partial charge in [0.25, 0.3) is 0 Å². The molecule has 0 bridgehead atoms. The largest absolute Gasteiger partial charge is 0.318 e. The number of aromatic nitrogens is 2. The molecular weight excluding hydrogens is 296 g/mol. The van der Waals surface area contributed by atoms with Gasteiger partial charge in [-0.15, -0.1) is 0 Å². The van der Waals surface area contributed by atoms with Crippen LogP contribution in [0.2, 0.25) is 0 Å². The molecule has 114 valence electrons. The molecule has 2 heterocycles. The first-order valence-corrected chi connectivity index (χ1v) is 9.34. The number of nitrogens with one attached hydrogen (secondary N) is 1. The van der Waals surface area contributed by atoms with Gasteiger partial charge in [0.2, 0.25) is 10.0 Å². The van der Waals surface area contributed by atoms with Gasteiger partial charge < -0.3 is 5.32 Å². The summed E-state index contributed by atoms with van der Waals surface area (Å²) in [5.74, 6) is 1.73. The zero-order chi connectivity index (χ0) is 14.8. The molecule has 8 heteroatoms. The average molecular weight is 318 g/mol. The third-order valence-electron chi connectivity index (χ3n) is 3.46. The van der Waals surface area contributed by atoms with Gasteiger partial charge in [-0.25, -0.2) is 8.42 Å². The summed E-state index contributed by atoms with van der Waals surface area (Å²) in [5.41, 5.74) is 1.33. The summed E-state index contributed by atoms with van der Waals surface area (Å²) in [6, 6.07) is 0. The molecule has 0 atom stereocenters. The summed E-state index contributed by atoms with van der Waals surface area (Å²) in [7, 11) is -1.54. The maximum absolute atomic E-state index is 12.8. The van der Waals surface area contributed by atoms with Crippen LogP contribution in [0.4, 0.5) is 0 Å². The topological polar surface area (TPSA) is 67.2 Å². The highest BCUT2D eigenvalue weighted by Gasteiger charge is 2.31. The van der Waals surface area contributed by atoms with E-state index in [4.69, 9.17) is 0 Å². The molecular formula is C12H22N4O2S2. The lowest BCUT2D eigenvalue weighted by molar-refractivity contribution is 0.442. The molecule has 1 aromatic rings. The SMILES string of the molecule is CNCCn1nc(C)c(S(=O)(=O)N2CCSCC2)c1C. The van der Waals surface area contributed by atoms with Crippen LogP contribution in [-0.4, -0.2) is 60.7 Å². The summed E-state index contributed by atoms with van der Waals surface area (Å²) in [5, 5.41) is 7.43. The van der Waals surface area contributed by atoms with Crippen molar-refractivity contribution < 1.29 is 8.42 Å². The van der Waals surface area contributed by atoms with Crippen LogP contribution in [0, 0.1) is 13.8 Å². The van der Waals surface area contributed by atoms with E-state index in [-0.39, 0.29) is 0 Å². The molecule has 2 rings (SSSR count). The first kappa shape index (κ1) is 15.8. The molecule has 0 spiro atoms. The molecule has 0 radical (unpaired) electrons. The maximum atomic E-state index is 12.8. The first-order valence-electron chi connectivity index (χ1n) is 6.75. The van der Waals surface area contributed by atoms with Crippen molar-refractivity contribution in [1.29, 1.82) is 0 Å². The van der Waals surface area contributed by atoms with Gasteiger partial charge in [0.05, 0.1) is 17.9 Å². The molecule has 6 nitrogen and oxygen atoms in total. The van der Waals surface area contributed by atoms with Gasteiger partial charge in [-0.3, -0.25) is 4.68 Å². The molecule has 0 unspecified atom stereocenters. The van der Waals surface area contributed by atoms with Gasteiger partial charge in [0.1, 0.15) is 4.90 Å². The monoisotopic (exact) mass is 318 g/mol. The van der Waals surface area contributed by atoms with Crippen molar-refractivity contribution in [2.75, 3.05) is 38.2 Å². The van der Waals surface area contributed by atoms with E-state index in [0.29, 0.717) is 30.2 Å². The van der Waals surface area contributed by atoms with Crippen molar-refractivity contribution in [1.82, 2.24) is 19.4 Å². The Morgan fingerprint density at radius 3 is 2.55 bits per heavy atom. The minimum Gasteiger partial charge on any atom is -0.318 e. The minimum absolute atomic E-state index is 0.389. The van der Waals surface area contributed by atoms with Gasteiger partial charge in [0, 0.05) is 31.1 Å². The quantitative estimate of drug-likeness (QED) is 0.854. The van der Waals surface area contributed by atoms with Crippen molar-refractivity contribution in [2.24, 2.45) is 0 Å². The van der Waals surface area contributed by atoms with Crippen molar-refractivity contribution in [3.63, 3.8) is 0 Å². The summed E-state index contributed by atoms with van der Waals surface area (Å²) in [4.78, 5) is 0.389. The molecule has 1 aliphatic rings. The van der Waals surface area contributed by atoms with Crippen molar-refractivity contribution in [3.8, 4) is 0 Å². The van der Waals surface area contributed by atoms with Crippen LogP contribution in [0.25, 0.3) is 0 Å². The van der Waals surface area contributed by atoms with Crippen LogP contribution in [0.5, 0.6) is 0 Å². The summed E-state index contributed by atoms with van der Waals surface area (Å²) < 4.78 is 28.9. The van der Waals surface area contributed by atoms with E-state index in [9.17, 15) is 8.42 Å². The van der Waals surface area contributed by atoms with Gasteiger partial charge in [-0.2, -0.15) is 21.2 Å². The number of thioether (sulfide) groups is 1. The Bertz CT molecular complexity index is 562. The number of aryl methyl sites for hydroxylation is 1. The molecule has 0 amide bonds. The lowest BCUT2D eigenvalue weighted by Gasteiger charge is -2.25. The van der Waals surface area contributed by atoms with Crippen LogP contribution >= 0.6 is 11.8 Å². The van der Waals surface area contributed by atoms with Crippen LogP contribution < -0.4 is 5.32 Å². The lowest BCUT2D eigenvalue weighted by atomic mass is 10.4. The molecule has 20 heavy (non-hydrogen) atoms. The van der Waals surface area contributed by atoms with Crippen LogP contribution in [-0.2, 0) is 16.6 Å². The Hall–Kier alpha value is -0.570. The highest BCUT2D eigenvalue weighted by atomic mass is 32.2. The lowest BCUT2D eigenvalue weighted by Crippen LogP contribution is -2.38. The Labute approximate surface area is 125 Å². The number of sulfonamides is 1. The van der Waals surface area contributed by atoms with E-state index in [1.807, 2.05) is 14.0 Å². The zero-order valence-electron chi connectivity index (χ0n) is 12.2. The third-order valence-corrected chi connectivity index (χ3v) is 6.55. The Morgan fingerprint density at radius 2 is 1.95 bits per heavy atom. The van der Waals surface area contributed by atoms with E-state index in [0.717, 1.165) is 23.7 Å². The Kier molecular flexibility index (Phi) is 5.11. The fourth-order valence-corrected chi connectivity index (χ4v) is 5.35. The molecule has 1 aliphatic heterocycles. The molecule has 1 aromatic heterocycles. The van der Waals surface area contributed by atoms with E-state index in [2.05, 4.69) is 10.4 Å². The summed E-state index contributed by atoms with van der Waals surface area (Å²) in [6.45, 7) is 6.23. The first-order chi connectivity index (χ1) is 9.48. The molecule has 0 aromatic carbocycles. The van der Waals surface area contributed by atoms with E-state index in [1.165, 1.54) is 0 Å². The number of nitrogens with zero attached hydrogens (tertiary/aromatic N) is 3. The molecule has 1 fully saturated rings. The predicted molar refractivity (Wildman–Crippen MR) is 81.7 cm³/mol. The van der Waals surface area contributed by atoms with E-state index < -0.39 is 10.0 Å². The normalized spacial score (nSPS) is 17.6. The van der Waals surface area contributed by atoms with Crippen molar-refractivity contribution >= 4 is 21.8 Å². The second kappa shape index (κ2) is 6.46. The van der Waals surface area contributed by atoms with E-state index in [1.54, 1.807) is 27.7 Å². The van der Waals surface area contributed by atoms with E-state index >= 15 is 0 Å². The van der Waals surface area contributed by atoms with Crippen LogP contribution in [0.1, 0.15) is 11.4 Å². The number of likely N-dealkylation sites (N-methyl/N-ethyl adjacent to an activating group) is 1. The average Bonchev–Trinajstić information content (AvgIpc) is 2.72. The smallest absolute Gasteiger partial charge is 0.246 e. The Morgan fingerprint density at radius 1 is 1.30 bits per heavy atom. The summed E-state index contributed by atoms with van der Waals surface area (Å²) >= 11 is 1.80. The summed E-state index contributed by atoms with van der Waals surface area (Å²) in [6.07, 6.45) is 0. The molecule has 1 N–H and O–H groups in total. The van der Waals surface area contributed by atoms with Gasteiger partial charge in [-0.1, -0.05) is 0 Å². The van der Waals surface area contributed by atoms with Crippen molar-refractivity contribution in [3.05, 3.63) is 11.4 Å².